The highest BCUT2D eigenvalue weighted by Crippen LogP contribution is 2.34. The smallest absolute Gasteiger partial charge is 0.253 e. The molecule has 1 aliphatic heterocycles. The second-order valence-electron chi connectivity index (χ2n) is 6.85. The molecule has 3 aromatic heterocycles. The molecule has 7 nitrogen and oxygen atoms in total. The number of piperidine rings is 1. The summed E-state index contributed by atoms with van der Waals surface area (Å²) < 4.78 is 5.44. The predicted octanol–water partition coefficient (Wildman–Crippen LogP) is 3.16. The van der Waals surface area contributed by atoms with Crippen LogP contribution in [0.4, 0.5) is 0 Å². The minimum Gasteiger partial charge on any atom is -0.356 e. The number of hydrogen-bond donors (Lipinski definition) is 0. The Morgan fingerprint density at radius 3 is 2.59 bits per heavy atom. The van der Waals surface area contributed by atoms with E-state index in [4.69, 9.17) is 9.51 Å². The lowest BCUT2D eigenvalue weighted by molar-refractivity contribution is 0.0712. The first-order chi connectivity index (χ1) is 13.1. The Kier molecular flexibility index (Phi) is 4.66. The normalized spacial score (nSPS) is 15.1. The van der Waals surface area contributed by atoms with Crippen LogP contribution in [0.2, 0.25) is 0 Å². The van der Waals surface area contributed by atoms with Crippen molar-refractivity contribution >= 4 is 5.91 Å². The average Bonchev–Trinajstić information content (AvgIpc) is 3.14. The van der Waals surface area contributed by atoms with Gasteiger partial charge in [-0.2, -0.15) is 0 Å². The summed E-state index contributed by atoms with van der Waals surface area (Å²) in [5.74, 6) is 1.74. The highest BCUT2D eigenvalue weighted by atomic mass is 16.5. The topological polar surface area (TPSA) is 85.0 Å². The minimum atomic E-state index is 0.0563. The molecule has 0 aromatic carbocycles. The molecular formula is C20H21N5O2. The zero-order chi connectivity index (χ0) is 18.8. The summed E-state index contributed by atoms with van der Waals surface area (Å²) in [6.07, 6.45) is 6.82. The molecule has 0 spiro atoms. The lowest BCUT2D eigenvalue weighted by Gasteiger charge is -2.32. The average molecular weight is 363 g/mol. The first kappa shape index (κ1) is 17.3. The van der Waals surface area contributed by atoms with Crippen molar-refractivity contribution in [2.24, 2.45) is 0 Å². The number of amides is 1. The Morgan fingerprint density at radius 2 is 1.93 bits per heavy atom. The number of aromatic nitrogens is 4. The highest BCUT2D eigenvalue weighted by Gasteiger charge is 2.28. The van der Waals surface area contributed by atoms with Gasteiger partial charge in [0.1, 0.15) is 5.82 Å². The molecule has 3 aromatic rings. The molecule has 1 aliphatic rings. The number of hydrogen-bond acceptors (Lipinski definition) is 6. The third-order valence-electron chi connectivity index (χ3n) is 4.93. The molecule has 7 heteroatoms. The fourth-order valence-electron chi connectivity index (χ4n) is 3.51. The maximum absolute atomic E-state index is 12.6. The molecule has 1 fully saturated rings. The van der Waals surface area contributed by atoms with Crippen molar-refractivity contribution in [2.75, 3.05) is 13.1 Å². The Balaban J connectivity index is 1.53. The molecule has 27 heavy (non-hydrogen) atoms. The summed E-state index contributed by atoms with van der Waals surface area (Å²) in [6, 6.07) is 5.42. The summed E-state index contributed by atoms with van der Waals surface area (Å²) in [5, 5.41) is 3.98. The van der Waals surface area contributed by atoms with Crippen LogP contribution in [0.25, 0.3) is 11.3 Å². The zero-order valence-corrected chi connectivity index (χ0v) is 15.4. The van der Waals surface area contributed by atoms with Crippen molar-refractivity contribution in [3.05, 3.63) is 59.6 Å². The van der Waals surface area contributed by atoms with Crippen LogP contribution < -0.4 is 0 Å². The van der Waals surface area contributed by atoms with E-state index in [1.807, 2.05) is 31.0 Å². The number of aryl methyl sites for hydroxylation is 2. The first-order valence-corrected chi connectivity index (χ1v) is 9.08. The molecule has 1 saturated heterocycles. The fraction of sp³-hybridized carbons (Fsp3) is 0.350. The third-order valence-corrected chi connectivity index (χ3v) is 4.93. The van der Waals surface area contributed by atoms with Gasteiger partial charge >= 0.3 is 0 Å². The number of likely N-dealkylation sites (tertiary alicyclic amines) is 1. The molecule has 0 saturated carbocycles. The van der Waals surface area contributed by atoms with Crippen LogP contribution in [0.3, 0.4) is 0 Å². The van der Waals surface area contributed by atoms with E-state index in [1.54, 1.807) is 24.5 Å². The predicted molar refractivity (Wildman–Crippen MR) is 99.1 cm³/mol. The van der Waals surface area contributed by atoms with Crippen LogP contribution in [-0.4, -0.2) is 44.0 Å². The Morgan fingerprint density at radius 1 is 1.19 bits per heavy atom. The Hall–Kier alpha value is -3.09. The second kappa shape index (κ2) is 7.26. The minimum absolute atomic E-state index is 0.0563. The molecule has 0 bridgehead atoms. The van der Waals surface area contributed by atoms with E-state index in [9.17, 15) is 4.79 Å². The van der Waals surface area contributed by atoms with Crippen LogP contribution in [0, 0.1) is 13.8 Å². The molecule has 0 radical (unpaired) electrons. The maximum atomic E-state index is 12.6. The van der Waals surface area contributed by atoms with Crippen molar-refractivity contribution < 1.29 is 9.32 Å². The molecule has 0 N–H and O–H groups in total. The lowest BCUT2D eigenvalue weighted by atomic mass is 9.90. The largest absolute Gasteiger partial charge is 0.356 e. The molecule has 4 heterocycles. The standard InChI is InChI=1S/C20H21N5O2/c1-13-11-18(27-24-13)17-12-22-14(2)23-19(17)15-5-9-25(10-6-15)20(26)16-3-7-21-8-4-16/h3-4,7-8,11-12,15H,5-6,9-10H2,1-2H3. The fourth-order valence-corrected chi connectivity index (χ4v) is 3.51. The van der Waals surface area contributed by atoms with Crippen LogP contribution >= 0.6 is 0 Å². The molecule has 138 valence electrons. The van der Waals surface area contributed by atoms with Gasteiger partial charge in [0.2, 0.25) is 0 Å². The van der Waals surface area contributed by atoms with Crippen LogP contribution in [0.15, 0.2) is 41.3 Å². The van der Waals surface area contributed by atoms with E-state index in [-0.39, 0.29) is 11.8 Å². The maximum Gasteiger partial charge on any atom is 0.253 e. The molecule has 0 aliphatic carbocycles. The molecule has 4 rings (SSSR count). The van der Waals surface area contributed by atoms with E-state index in [2.05, 4.69) is 15.1 Å². The van der Waals surface area contributed by atoms with Gasteiger partial charge in [-0.1, -0.05) is 5.16 Å². The molecule has 1 amide bonds. The number of carbonyl (C=O) groups is 1. The van der Waals surface area contributed by atoms with Crippen LogP contribution in [-0.2, 0) is 0 Å². The van der Waals surface area contributed by atoms with Crippen molar-refractivity contribution in [3.8, 4) is 11.3 Å². The number of rotatable bonds is 3. The van der Waals surface area contributed by atoms with E-state index < -0.39 is 0 Å². The summed E-state index contributed by atoms with van der Waals surface area (Å²) in [5.41, 5.74) is 3.38. The second-order valence-corrected chi connectivity index (χ2v) is 6.85. The van der Waals surface area contributed by atoms with Gasteiger partial charge in [0.05, 0.1) is 17.0 Å². The SMILES string of the molecule is Cc1cc(-c2cnc(C)nc2C2CCN(C(=O)c3ccncc3)CC2)on1. The van der Waals surface area contributed by atoms with Gasteiger partial charge in [0.15, 0.2) is 5.76 Å². The Bertz CT molecular complexity index is 946. The number of nitrogens with zero attached hydrogens (tertiary/aromatic N) is 5. The van der Waals surface area contributed by atoms with Crippen molar-refractivity contribution in [1.29, 1.82) is 0 Å². The summed E-state index contributed by atoms with van der Waals surface area (Å²) in [6.45, 7) is 5.18. The first-order valence-electron chi connectivity index (χ1n) is 9.08. The quantitative estimate of drug-likeness (QED) is 0.710. The van der Waals surface area contributed by atoms with Gasteiger partial charge in [-0.25, -0.2) is 9.97 Å². The van der Waals surface area contributed by atoms with Crippen LogP contribution in [0.5, 0.6) is 0 Å². The highest BCUT2D eigenvalue weighted by molar-refractivity contribution is 5.94. The van der Waals surface area contributed by atoms with Gasteiger partial charge in [-0.05, 0) is 38.8 Å². The summed E-state index contributed by atoms with van der Waals surface area (Å²) in [7, 11) is 0. The number of carbonyl (C=O) groups excluding carboxylic acids is 1. The summed E-state index contributed by atoms with van der Waals surface area (Å²) in [4.78, 5) is 27.5. The Labute approximate surface area is 157 Å². The van der Waals surface area contributed by atoms with E-state index in [0.29, 0.717) is 24.4 Å². The molecule has 0 atom stereocenters. The van der Waals surface area contributed by atoms with Crippen molar-refractivity contribution in [3.63, 3.8) is 0 Å². The lowest BCUT2D eigenvalue weighted by Crippen LogP contribution is -2.38. The van der Waals surface area contributed by atoms with Crippen molar-refractivity contribution in [2.45, 2.75) is 32.6 Å². The van der Waals surface area contributed by atoms with Crippen molar-refractivity contribution in [1.82, 2.24) is 25.0 Å². The molecule has 0 unspecified atom stereocenters. The zero-order valence-electron chi connectivity index (χ0n) is 15.4. The van der Waals surface area contributed by atoms with Gasteiger partial charge in [0, 0.05) is 49.2 Å². The van der Waals surface area contributed by atoms with Gasteiger partial charge in [0.25, 0.3) is 5.91 Å². The molecular weight excluding hydrogens is 342 g/mol. The van der Waals surface area contributed by atoms with E-state index in [1.165, 1.54) is 0 Å². The van der Waals surface area contributed by atoms with Gasteiger partial charge in [-0.3, -0.25) is 9.78 Å². The van der Waals surface area contributed by atoms with E-state index >= 15 is 0 Å². The number of pyridine rings is 1. The third kappa shape index (κ3) is 3.58. The van der Waals surface area contributed by atoms with E-state index in [0.717, 1.165) is 35.6 Å². The van der Waals surface area contributed by atoms with Gasteiger partial charge < -0.3 is 9.42 Å². The monoisotopic (exact) mass is 363 g/mol. The summed E-state index contributed by atoms with van der Waals surface area (Å²) >= 11 is 0. The van der Waals surface area contributed by atoms with Crippen LogP contribution in [0.1, 0.15) is 46.3 Å². The van der Waals surface area contributed by atoms with Gasteiger partial charge in [-0.15, -0.1) is 0 Å².